The third-order valence-electron chi connectivity index (χ3n) is 4.27. The van der Waals surface area contributed by atoms with Crippen LogP contribution in [0.5, 0.6) is 5.75 Å². The molecule has 7 heteroatoms. The summed E-state index contributed by atoms with van der Waals surface area (Å²) >= 11 is 0. The molecule has 0 aromatic heterocycles. The Bertz CT molecular complexity index is 1040. The van der Waals surface area contributed by atoms with E-state index in [0.29, 0.717) is 22.8 Å². The van der Waals surface area contributed by atoms with E-state index in [0.717, 1.165) is 11.1 Å². The Morgan fingerprint density at radius 3 is 2.38 bits per heavy atom. The van der Waals surface area contributed by atoms with E-state index in [1.54, 1.807) is 36.4 Å². The molecule has 3 aromatic carbocycles. The number of methoxy groups -OCH3 is 1. The highest BCUT2D eigenvalue weighted by Gasteiger charge is 2.18. The summed E-state index contributed by atoms with van der Waals surface area (Å²) in [5, 5.41) is 5.15. The fourth-order valence-electron chi connectivity index (χ4n) is 2.86. The van der Waals surface area contributed by atoms with Crippen molar-refractivity contribution in [1.82, 2.24) is 0 Å². The van der Waals surface area contributed by atoms with Crippen molar-refractivity contribution in [3.05, 3.63) is 90.0 Å². The van der Waals surface area contributed by atoms with Gasteiger partial charge in [-0.1, -0.05) is 48.5 Å². The molecule has 0 saturated heterocycles. The van der Waals surface area contributed by atoms with Crippen LogP contribution >= 0.6 is 0 Å². The molecule has 0 aliphatic rings. The molecule has 0 aliphatic carbocycles. The Labute approximate surface area is 167 Å². The largest absolute Gasteiger partial charge is 0.612 e. The number of nitrogens with one attached hydrogen (secondary N) is 1. The van der Waals surface area contributed by atoms with Crippen LogP contribution in [0.25, 0.3) is 17.0 Å². The predicted molar refractivity (Wildman–Crippen MR) is 108 cm³/mol. The van der Waals surface area contributed by atoms with Crippen molar-refractivity contribution in [1.29, 1.82) is 0 Å². The molecular formula is C22H20FN3O3. The van der Waals surface area contributed by atoms with Gasteiger partial charge in [0.2, 0.25) is 5.84 Å². The fourth-order valence-corrected chi connectivity index (χ4v) is 2.86. The van der Waals surface area contributed by atoms with E-state index < -0.39 is 11.8 Å². The molecule has 0 spiro atoms. The molecule has 6 nitrogen and oxygen atoms in total. The quantitative estimate of drug-likeness (QED) is 0.228. The monoisotopic (exact) mass is 393 g/mol. The van der Waals surface area contributed by atoms with Crippen molar-refractivity contribution >= 4 is 17.5 Å². The number of amidine groups is 1. The summed E-state index contributed by atoms with van der Waals surface area (Å²) in [6.45, 7) is -0.226. The molecule has 0 bridgehead atoms. The van der Waals surface area contributed by atoms with Gasteiger partial charge in [0, 0.05) is 17.2 Å². The Morgan fingerprint density at radius 1 is 1.00 bits per heavy atom. The van der Waals surface area contributed by atoms with E-state index in [1.165, 1.54) is 18.5 Å². The van der Waals surface area contributed by atoms with Gasteiger partial charge in [-0.25, -0.2) is 9.18 Å². The molecule has 0 fully saturated rings. The predicted octanol–water partition coefficient (Wildman–Crippen LogP) is 3.65. The third kappa shape index (κ3) is 4.77. The van der Waals surface area contributed by atoms with Gasteiger partial charge >= 0.3 is 5.97 Å². The first-order valence-corrected chi connectivity index (χ1v) is 8.86. The zero-order chi connectivity index (χ0) is 20.6. The van der Waals surface area contributed by atoms with Crippen molar-refractivity contribution in [2.75, 3.05) is 13.7 Å². The molecule has 148 valence electrons. The van der Waals surface area contributed by atoms with E-state index in [-0.39, 0.29) is 6.61 Å². The zero-order valence-corrected chi connectivity index (χ0v) is 15.8. The van der Waals surface area contributed by atoms with Crippen LogP contribution in [-0.2, 0) is 9.53 Å². The van der Waals surface area contributed by atoms with Crippen molar-refractivity contribution in [3.63, 3.8) is 0 Å². The molecule has 0 atom stereocenters. The number of ether oxygens (including phenoxy) is 2. The second kappa shape index (κ2) is 9.48. The molecule has 29 heavy (non-hydrogen) atoms. The summed E-state index contributed by atoms with van der Waals surface area (Å²) in [4.78, 5) is 11.5. The molecule has 3 rings (SSSR count). The molecule has 0 amide bonds. The van der Waals surface area contributed by atoms with E-state index in [2.05, 4.69) is 9.84 Å². The standard InChI is InChI=1S/C22H19FN3O3/c1-28-21(27)14-29-20-13-7-4-9-16(20)15-8-2-3-10-17(15)22(26-24)25-19-12-6-5-11-18(19)23/h2-13,24H,14H2,1H3,(H,25,26)/q-1/p+1. The van der Waals surface area contributed by atoms with Crippen molar-refractivity contribution in [3.8, 4) is 16.9 Å². The SMILES string of the molecule is COC(=O)COc1ccccc1-c1ccccc1/C(=N/[NH-])[NH2+]c1ccccc1F. The molecule has 3 N–H and O–H groups in total. The number of halogens is 1. The van der Waals surface area contributed by atoms with Crippen molar-refractivity contribution in [2.24, 2.45) is 5.10 Å². The number of benzene rings is 3. The summed E-state index contributed by atoms with van der Waals surface area (Å²) < 4.78 is 24.3. The maximum atomic E-state index is 14.1. The van der Waals surface area contributed by atoms with E-state index in [1.807, 2.05) is 30.3 Å². The number of quaternary nitrogens is 1. The van der Waals surface area contributed by atoms with Crippen LogP contribution in [0.4, 0.5) is 10.1 Å². The minimum Gasteiger partial charge on any atom is -0.612 e. The summed E-state index contributed by atoms with van der Waals surface area (Å²) in [6.07, 6.45) is 0. The molecule has 0 saturated carbocycles. The number of para-hydroxylation sites is 2. The van der Waals surface area contributed by atoms with E-state index in [9.17, 15) is 9.18 Å². The van der Waals surface area contributed by atoms with Crippen LogP contribution in [-0.4, -0.2) is 25.5 Å². The summed E-state index contributed by atoms with van der Waals surface area (Å²) in [7, 11) is 1.29. The minimum absolute atomic E-state index is 0.226. The van der Waals surface area contributed by atoms with Gasteiger partial charge in [-0.15, -0.1) is 0 Å². The average molecular weight is 393 g/mol. The van der Waals surface area contributed by atoms with E-state index >= 15 is 0 Å². The van der Waals surface area contributed by atoms with Gasteiger partial charge in [-0.3, -0.25) is 5.32 Å². The van der Waals surface area contributed by atoms with Crippen LogP contribution < -0.4 is 10.1 Å². The Kier molecular flexibility index (Phi) is 6.55. The van der Waals surface area contributed by atoms with Crippen LogP contribution in [0.2, 0.25) is 0 Å². The normalized spacial score (nSPS) is 11.2. The number of carbonyl (C=O) groups is 1. The molecule has 0 heterocycles. The Hall–Kier alpha value is -3.71. The first-order chi connectivity index (χ1) is 14.1. The maximum absolute atomic E-state index is 14.1. The smallest absolute Gasteiger partial charge is 0.343 e. The van der Waals surface area contributed by atoms with Crippen LogP contribution in [0.3, 0.4) is 0 Å². The number of carbonyl (C=O) groups excluding carboxylic acids is 1. The van der Waals surface area contributed by atoms with Gasteiger partial charge in [-0.2, -0.15) is 0 Å². The molecule has 0 aliphatic heterocycles. The summed E-state index contributed by atoms with van der Waals surface area (Å²) in [5.41, 5.74) is 2.44. The van der Waals surface area contributed by atoms with Crippen LogP contribution in [0.1, 0.15) is 5.56 Å². The second-order valence-electron chi connectivity index (χ2n) is 6.07. The average Bonchev–Trinajstić information content (AvgIpc) is 2.77. The number of nitrogens with zero attached hydrogens (tertiary/aromatic N) is 1. The lowest BCUT2D eigenvalue weighted by Crippen LogP contribution is -2.83. The molecule has 0 unspecified atom stereocenters. The topological polar surface area (TPSA) is 88.3 Å². The lowest BCUT2D eigenvalue weighted by molar-refractivity contribution is -0.445. The highest BCUT2D eigenvalue weighted by atomic mass is 19.1. The first-order valence-electron chi connectivity index (χ1n) is 8.86. The fraction of sp³-hybridized carbons (Fsp3) is 0.0909. The number of esters is 1. The number of hydrogen-bond donors (Lipinski definition) is 1. The lowest BCUT2D eigenvalue weighted by Gasteiger charge is -2.15. The number of rotatable bonds is 6. The Morgan fingerprint density at radius 2 is 1.66 bits per heavy atom. The highest BCUT2D eigenvalue weighted by Crippen LogP contribution is 2.32. The lowest BCUT2D eigenvalue weighted by atomic mass is 9.98. The van der Waals surface area contributed by atoms with Gasteiger partial charge in [0.25, 0.3) is 0 Å². The summed E-state index contributed by atoms with van der Waals surface area (Å²) in [5.74, 6) is 7.53. The maximum Gasteiger partial charge on any atom is 0.343 e. The number of hydrogen-bond acceptors (Lipinski definition) is 4. The van der Waals surface area contributed by atoms with Crippen molar-refractivity contribution < 1.29 is 24.0 Å². The highest BCUT2D eigenvalue weighted by molar-refractivity contribution is 6.00. The molecular weight excluding hydrogens is 373 g/mol. The minimum atomic E-state index is -0.491. The van der Waals surface area contributed by atoms with Crippen molar-refractivity contribution in [2.45, 2.75) is 0 Å². The van der Waals surface area contributed by atoms with Gasteiger partial charge in [-0.05, 0) is 18.2 Å². The summed E-state index contributed by atoms with van der Waals surface area (Å²) in [6, 6.07) is 20.9. The van der Waals surface area contributed by atoms with Gasteiger partial charge < -0.3 is 20.4 Å². The zero-order valence-electron chi connectivity index (χ0n) is 15.8. The van der Waals surface area contributed by atoms with Gasteiger partial charge in [0.15, 0.2) is 18.1 Å². The molecule has 3 aromatic rings. The van der Waals surface area contributed by atoms with Gasteiger partial charge in [0.05, 0.1) is 12.7 Å². The van der Waals surface area contributed by atoms with Crippen LogP contribution in [0, 0.1) is 5.82 Å². The third-order valence-corrected chi connectivity index (χ3v) is 4.27. The van der Waals surface area contributed by atoms with Gasteiger partial charge in [0.1, 0.15) is 5.75 Å². The van der Waals surface area contributed by atoms with Crippen LogP contribution in [0.15, 0.2) is 77.9 Å². The second-order valence-corrected chi connectivity index (χ2v) is 6.07. The molecule has 0 radical (unpaired) electrons. The first kappa shape index (κ1) is 20.0. The van der Waals surface area contributed by atoms with E-state index in [4.69, 9.17) is 10.6 Å². The Balaban J connectivity index is 1.99. The number of nitrogens with two attached hydrogens (primary N) is 1.